The van der Waals surface area contributed by atoms with E-state index in [-0.39, 0.29) is 0 Å². The lowest BCUT2D eigenvalue weighted by molar-refractivity contribution is 0.624. The van der Waals surface area contributed by atoms with Crippen molar-refractivity contribution in [2.75, 3.05) is 0 Å². The number of hydrogen-bond acceptors (Lipinski definition) is 2. The highest BCUT2D eigenvalue weighted by atomic mass is 14.6. The molecule has 2 heteroatoms. The molecule has 2 N–H and O–H groups in total. The fraction of sp³-hybridized carbons (Fsp3) is 0.500. The van der Waals surface area contributed by atoms with E-state index in [9.17, 15) is 0 Å². The topological polar surface area (TPSA) is 38.9 Å². The minimum Gasteiger partial charge on any atom is -0.328 e. The van der Waals surface area contributed by atoms with Crippen LogP contribution in [0.4, 0.5) is 0 Å². The minimum absolute atomic E-state index is 0.326. The van der Waals surface area contributed by atoms with Gasteiger partial charge in [-0.1, -0.05) is 0 Å². The van der Waals surface area contributed by atoms with Crippen LogP contribution in [-0.4, -0.2) is 11.0 Å². The van der Waals surface area contributed by atoms with Crippen molar-refractivity contribution in [3.05, 3.63) is 30.1 Å². The van der Waals surface area contributed by atoms with Gasteiger partial charge in [0.2, 0.25) is 0 Å². The number of nitrogens with zero attached hydrogens (tertiary/aromatic N) is 1. The van der Waals surface area contributed by atoms with Crippen molar-refractivity contribution >= 4 is 0 Å². The molecule has 0 fully saturated rings. The molecular formula is C10H16N2. The summed E-state index contributed by atoms with van der Waals surface area (Å²) >= 11 is 0. The highest BCUT2D eigenvalue weighted by molar-refractivity contribution is 5.09. The Kier molecular flexibility index (Phi) is 3.74. The third-order valence-corrected chi connectivity index (χ3v) is 1.87. The Labute approximate surface area is 73.8 Å². The van der Waals surface area contributed by atoms with Crippen molar-refractivity contribution in [3.63, 3.8) is 0 Å². The first kappa shape index (κ1) is 9.20. The largest absolute Gasteiger partial charge is 0.328 e. The number of pyridine rings is 1. The van der Waals surface area contributed by atoms with Crippen LogP contribution >= 0.6 is 0 Å². The molecule has 1 aromatic heterocycles. The lowest BCUT2D eigenvalue weighted by Gasteiger charge is -2.03. The van der Waals surface area contributed by atoms with E-state index in [2.05, 4.69) is 17.1 Å². The lowest BCUT2D eigenvalue weighted by atomic mass is 10.1. The predicted molar refractivity (Wildman–Crippen MR) is 50.8 cm³/mol. The fourth-order valence-electron chi connectivity index (χ4n) is 1.18. The van der Waals surface area contributed by atoms with Crippen molar-refractivity contribution in [2.45, 2.75) is 32.2 Å². The molecule has 1 heterocycles. The highest BCUT2D eigenvalue weighted by Gasteiger charge is 1.95. The first-order valence-corrected chi connectivity index (χ1v) is 4.43. The molecule has 0 aliphatic heterocycles. The smallest absolute Gasteiger partial charge is 0.0270 e. The summed E-state index contributed by atoms with van der Waals surface area (Å²) < 4.78 is 0. The summed E-state index contributed by atoms with van der Waals surface area (Å²) in [5, 5.41) is 0. The normalized spacial score (nSPS) is 12.8. The van der Waals surface area contributed by atoms with E-state index >= 15 is 0 Å². The zero-order valence-corrected chi connectivity index (χ0v) is 7.53. The summed E-state index contributed by atoms with van der Waals surface area (Å²) in [6, 6.07) is 4.44. The quantitative estimate of drug-likeness (QED) is 0.736. The Hall–Kier alpha value is -0.890. The standard InChI is InChI=1S/C10H16N2/c1-9(11)3-2-4-10-5-7-12-8-6-10/h5-9H,2-4,11H2,1H3. The van der Waals surface area contributed by atoms with Crippen LogP contribution < -0.4 is 5.73 Å². The summed E-state index contributed by atoms with van der Waals surface area (Å²) in [7, 11) is 0. The van der Waals surface area contributed by atoms with Crippen LogP contribution in [0.5, 0.6) is 0 Å². The summed E-state index contributed by atoms with van der Waals surface area (Å²) in [5.74, 6) is 0. The Bertz CT molecular complexity index is 206. The number of aryl methyl sites for hydroxylation is 1. The number of hydrogen-bond donors (Lipinski definition) is 1. The summed E-state index contributed by atoms with van der Waals surface area (Å²) in [6.07, 6.45) is 7.05. The maximum Gasteiger partial charge on any atom is 0.0270 e. The third-order valence-electron chi connectivity index (χ3n) is 1.87. The van der Waals surface area contributed by atoms with Crippen molar-refractivity contribution < 1.29 is 0 Å². The summed E-state index contributed by atoms with van der Waals surface area (Å²) in [4.78, 5) is 3.96. The molecule has 0 aliphatic carbocycles. The van der Waals surface area contributed by atoms with Gasteiger partial charge in [-0.3, -0.25) is 4.98 Å². The predicted octanol–water partition coefficient (Wildman–Crippen LogP) is 1.75. The summed E-state index contributed by atoms with van der Waals surface area (Å²) in [5.41, 5.74) is 7.00. The maximum atomic E-state index is 5.64. The van der Waals surface area contributed by atoms with Gasteiger partial charge in [-0.15, -0.1) is 0 Å². The van der Waals surface area contributed by atoms with Gasteiger partial charge < -0.3 is 5.73 Å². The average molecular weight is 164 g/mol. The first-order chi connectivity index (χ1) is 5.79. The average Bonchev–Trinajstić information content (AvgIpc) is 2.05. The molecule has 0 bridgehead atoms. The van der Waals surface area contributed by atoms with Crippen LogP contribution in [0.1, 0.15) is 25.3 Å². The summed E-state index contributed by atoms with van der Waals surface area (Å²) in [6.45, 7) is 2.05. The Balaban J connectivity index is 2.25. The molecule has 12 heavy (non-hydrogen) atoms. The molecule has 2 nitrogen and oxygen atoms in total. The van der Waals surface area contributed by atoms with Crippen molar-refractivity contribution in [3.8, 4) is 0 Å². The molecule has 1 rings (SSSR count). The maximum absolute atomic E-state index is 5.64. The van der Waals surface area contributed by atoms with Gasteiger partial charge in [0.15, 0.2) is 0 Å². The van der Waals surface area contributed by atoms with E-state index in [1.807, 2.05) is 19.3 Å². The van der Waals surface area contributed by atoms with Crippen LogP contribution in [-0.2, 0) is 6.42 Å². The van der Waals surface area contributed by atoms with Gasteiger partial charge in [0.1, 0.15) is 0 Å². The van der Waals surface area contributed by atoms with Gasteiger partial charge in [0.25, 0.3) is 0 Å². The molecule has 1 unspecified atom stereocenters. The molecule has 0 spiro atoms. The van der Waals surface area contributed by atoms with E-state index in [1.165, 1.54) is 12.0 Å². The zero-order valence-electron chi connectivity index (χ0n) is 7.53. The van der Waals surface area contributed by atoms with Gasteiger partial charge in [-0.05, 0) is 43.9 Å². The molecule has 0 saturated carbocycles. The molecule has 1 aromatic rings. The van der Waals surface area contributed by atoms with Gasteiger partial charge in [0.05, 0.1) is 0 Å². The van der Waals surface area contributed by atoms with Crippen LogP contribution in [0.15, 0.2) is 24.5 Å². The lowest BCUT2D eigenvalue weighted by Crippen LogP contribution is -2.14. The molecule has 1 atom stereocenters. The van der Waals surface area contributed by atoms with Crippen LogP contribution in [0.25, 0.3) is 0 Å². The molecular weight excluding hydrogens is 148 g/mol. The Morgan fingerprint density at radius 3 is 2.67 bits per heavy atom. The zero-order chi connectivity index (χ0) is 8.81. The van der Waals surface area contributed by atoms with Gasteiger partial charge >= 0.3 is 0 Å². The molecule has 0 radical (unpaired) electrons. The van der Waals surface area contributed by atoms with Crippen molar-refractivity contribution in [1.29, 1.82) is 0 Å². The minimum atomic E-state index is 0.326. The third kappa shape index (κ3) is 3.49. The number of nitrogens with two attached hydrogens (primary N) is 1. The van der Waals surface area contributed by atoms with Crippen molar-refractivity contribution in [2.24, 2.45) is 5.73 Å². The molecule has 66 valence electrons. The van der Waals surface area contributed by atoms with E-state index in [0.717, 1.165) is 12.8 Å². The number of rotatable bonds is 4. The molecule has 0 aliphatic rings. The second kappa shape index (κ2) is 4.88. The van der Waals surface area contributed by atoms with Crippen LogP contribution in [0, 0.1) is 0 Å². The second-order valence-corrected chi connectivity index (χ2v) is 3.22. The van der Waals surface area contributed by atoms with E-state index in [0.29, 0.717) is 6.04 Å². The Morgan fingerprint density at radius 1 is 1.42 bits per heavy atom. The molecule has 0 saturated heterocycles. The first-order valence-electron chi connectivity index (χ1n) is 4.43. The Morgan fingerprint density at radius 2 is 2.08 bits per heavy atom. The SMILES string of the molecule is CC(N)CCCc1ccncc1. The van der Waals surface area contributed by atoms with Crippen LogP contribution in [0.2, 0.25) is 0 Å². The van der Waals surface area contributed by atoms with Gasteiger partial charge in [-0.25, -0.2) is 0 Å². The highest BCUT2D eigenvalue weighted by Crippen LogP contribution is 2.03. The molecule has 0 amide bonds. The molecule has 0 aromatic carbocycles. The van der Waals surface area contributed by atoms with Crippen molar-refractivity contribution in [1.82, 2.24) is 4.98 Å². The van der Waals surface area contributed by atoms with E-state index in [4.69, 9.17) is 5.73 Å². The monoisotopic (exact) mass is 164 g/mol. The van der Waals surface area contributed by atoms with Gasteiger partial charge in [-0.2, -0.15) is 0 Å². The fourth-order valence-corrected chi connectivity index (χ4v) is 1.18. The van der Waals surface area contributed by atoms with E-state index < -0.39 is 0 Å². The van der Waals surface area contributed by atoms with Crippen LogP contribution in [0.3, 0.4) is 0 Å². The second-order valence-electron chi connectivity index (χ2n) is 3.22. The van der Waals surface area contributed by atoms with E-state index in [1.54, 1.807) is 0 Å². The number of aromatic nitrogens is 1. The van der Waals surface area contributed by atoms with Gasteiger partial charge in [0, 0.05) is 18.4 Å².